The fraction of sp³-hybridized carbons (Fsp3) is 0.286. The molecule has 0 fully saturated rings. The lowest BCUT2D eigenvalue weighted by Gasteiger charge is -2.21. The molecule has 1 heterocycles. The van der Waals surface area contributed by atoms with Gasteiger partial charge in [-0.05, 0) is 41.2 Å². The predicted molar refractivity (Wildman–Crippen MR) is 98.0 cm³/mol. The Morgan fingerprint density at radius 2 is 1.79 bits per heavy atom. The summed E-state index contributed by atoms with van der Waals surface area (Å²) in [5.41, 5.74) is 4.83. The average Bonchev–Trinajstić information content (AvgIpc) is 2.54. The van der Waals surface area contributed by atoms with Gasteiger partial charge in [0.2, 0.25) is 0 Å². The number of pyridine rings is 1. The lowest BCUT2D eigenvalue weighted by Crippen LogP contribution is -2.12. The molecule has 0 spiro atoms. The summed E-state index contributed by atoms with van der Waals surface area (Å²) in [6.07, 6.45) is 0.878. The van der Waals surface area contributed by atoms with E-state index in [1.54, 1.807) is 12.1 Å². The van der Waals surface area contributed by atoms with Crippen molar-refractivity contribution in [3.05, 3.63) is 69.6 Å². The monoisotopic (exact) mass is 323 g/mol. The maximum absolute atomic E-state index is 13.4. The fourth-order valence-corrected chi connectivity index (χ4v) is 2.98. The Labute approximate surface area is 141 Å². The van der Waals surface area contributed by atoms with E-state index in [-0.39, 0.29) is 10.8 Å². The van der Waals surface area contributed by atoms with Crippen LogP contribution in [0.3, 0.4) is 0 Å². The summed E-state index contributed by atoms with van der Waals surface area (Å²) in [7, 11) is 0. The van der Waals surface area contributed by atoms with E-state index in [0.717, 1.165) is 17.7 Å². The number of H-pyrrole nitrogens is 1. The third-order valence-corrected chi connectivity index (χ3v) is 4.43. The summed E-state index contributed by atoms with van der Waals surface area (Å²) in [4.78, 5) is 15.6. The second-order valence-electron chi connectivity index (χ2n) is 7.21. The number of benzene rings is 2. The lowest BCUT2D eigenvalue weighted by molar-refractivity contribution is 0.589. The third kappa shape index (κ3) is 2.99. The van der Waals surface area contributed by atoms with Crippen LogP contribution in [-0.2, 0) is 11.8 Å². The van der Waals surface area contributed by atoms with Crippen molar-refractivity contribution in [2.45, 2.75) is 39.5 Å². The molecule has 3 heteroatoms. The first-order chi connectivity index (χ1) is 11.3. The molecular formula is C21H22FNO. The van der Waals surface area contributed by atoms with Gasteiger partial charge in [0.25, 0.3) is 0 Å². The molecule has 2 nitrogen and oxygen atoms in total. The molecule has 0 radical (unpaired) electrons. The molecule has 1 N–H and O–H groups in total. The van der Waals surface area contributed by atoms with Crippen LogP contribution in [0.5, 0.6) is 0 Å². The van der Waals surface area contributed by atoms with Gasteiger partial charge >= 0.3 is 0 Å². The standard InChI is InChI=1S/C21H22FNO/c1-5-13-10-14(21(2,3)4)6-8-16(13)19-12-20(24)17-11-15(22)7-9-18(17)23-19/h6-12H,5H2,1-4H3,(H,23,24). The van der Waals surface area contributed by atoms with Crippen LogP contribution < -0.4 is 5.43 Å². The zero-order chi connectivity index (χ0) is 17.5. The van der Waals surface area contributed by atoms with Gasteiger partial charge in [-0.25, -0.2) is 4.39 Å². The lowest BCUT2D eigenvalue weighted by atomic mass is 9.84. The smallest absolute Gasteiger partial charge is 0.190 e. The van der Waals surface area contributed by atoms with Crippen molar-refractivity contribution in [3.8, 4) is 11.3 Å². The Balaban J connectivity index is 2.20. The molecule has 24 heavy (non-hydrogen) atoms. The van der Waals surface area contributed by atoms with E-state index >= 15 is 0 Å². The Morgan fingerprint density at radius 1 is 1.04 bits per heavy atom. The fourth-order valence-electron chi connectivity index (χ4n) is 2.98. The molecule has 3 aromatic rings. The van der Waals surface area contributed by atoms with Crippen LogP contribution in [0.15, 0.2) is 47.3 Å². The van der Waals surface area contributed by atoms with Crippen LogP contribution in [0.25, 0.3) is 22.2 Å². The van der Waals surface area contributed by atoms with E-state index < -0.39 is 5.82 Å². The number of hydrogen-bond donors (Lipinski definition) is 1. The maximum Gasteiger partial charge on any atom is 0.190 e. The zero-order valence-corrected chi connectivity index (χ0v) is 14.5. The second kappa shape index (κ2) is 5.90. The van der Waals surface area contributed by atoms with Gasteiger partial charge in [0, 0.05) is 28.2 Å². The topological polar surface area (TPSA) is 32.9 Å². The molecule has 1 aromatic heterocycles. The number of nitrogens with one attached hydrogen (secondary N) is 1. The second-order valence-corrected chi connectivity index (χ2v) is 7.21. The van der Waals surface area contributed by atoms with Crippen LogP contribution in [0.1, 0.15) is 38.8 Å². The number of halogens is 1. The first-order valence-corrected chi connectivity index (χ1v) is 8.26. The minimum Gasteiger partial charge on any atom is -0.354 e. The molecule has 124 valence electrons. The molecule has 0 unspecified atom stereocenters. The summed E-state index contributed by atoms with van der Waals surface area (Å²) in [6.45, 7) is 8.68. The first kappa shape index (κ1) is 16.4. The van der Waals surface area contributed by atoms with Crippen molar-refractivity contribution >= 4 is 10.9 Å². The number of aromatic amines is 1. The molecular weight excluding hydrogens is 301 g/mol. The highest BCUT2D eigenvalue weighted by molar-refractivity contribution is 5.82. The number of fused-ring (bicyclic) bond motifs is 1. The molecule has 0 bridgehead atoms. The average molecular weight is 323 g/mol. The zero-order valence-electron chi connectivity index (χ0n) is 14.5. The maximum atomic E-state index is 13.4. The van der Waals surface area contributed by atoms with E-state index in [1.165, 1.54) is 23.3 Å². The summed E-state index contributed by atoms with van der Waals surface area (Å²) in [5, 5.41) is 0.378. The van der Waals surface area contributed by atoms with Gasteiger partial charge in [0.15, 0.2) is 5.43 Å². The molecule has 0 saturated heterocycles. The molecule has 2 aromatic carbocycles. The summed E-state index contributed by atoms with van der Waals surface area (Å²) < 4.78 is 13.4. The molecule has 0 atom stereocenters. The van der Waals surface area contributed by atoms with Crippen LogP contribution in [0.4, 0.5) is 4.39 Å². The molecule has 0 aliphatic rings. The Hall–Kier alpha value is -2.42. The van der Waals surface area contributed by atoms with Gasteiger partial charge < -0.3 is 4.98 Å². The van der Waals surface area contributed by atoms with E-state index in [4.69, 9.17) is 0 Å². The number of rotatable bonds is 2. The van der Waals surface area contributed by atoms with E-state index in [9.17, 15) is 9.18 Å². The summed E-state index contributed by atoms with van der Waals surface area (Å²) >= 11 is 0. The highest BCUT2D eigenvalue weighted by Gasteiger charge is 2.16. The Morgan fingerprint density at radius 3 is 2.46 bits per heavy atom. The first-order valence-electron chi connectivity index (χ1n) is 8.26. The van der Waals surface area contributed by atoms with E-state index in [1.807, 2.05) is 0 Å². The number of aromatic nitrogens is 1. The molecule has 0 amide bonds. The van der Waals surface area contributed by atoms with E-state index in [2.05, 4.69) is 50.9 Å². The quantitative estimate of drug-likeness (QED) is 0.691. The van der Waals surface area contributed by atoms with Gasteiger partial charge in [0.05, 0.1) is 0 Å². The van der Waals surface area contributed by atoms with Crippen LogP contribution in [0.2, 0.25) is 0 Å². The normalized spacial score (nSPS) is 11.9. The molecule has 3 rings (SSSR count). The van der Waals surface area contributed by atoms with Crippen molar-refractivity contribution in [1.82, 2.24) is 4.98 Å². The highest BCUT2D eigenvalue weighted by atomic mass is 19.1. The van der Waals surface area contributed by atoms with Crippen molar-refractivity contribution in [2.24, 2.45) is 0 Å². The summed E-state index contributed by atoms with van der Waals surface area (Å²) in [5.74, 6) is -0.399. The van der Waals surface area contributed by atoms with Crippen LogP contribution in [-0.4, -0.2) is 4.98 Å². The van der Waals surface area contributed by atoms with Gasteiger partial charge in [0.1, 0.15) is 5.82 Å². The van der Waals surface area contributed by atoms with Gasteiger partial charge in [-0.3, -0.25) is 4.79 Å². The van der Waals surface area contributed by atoms with Crippen molar-refractivity contribution in [3.63, 3.8) is 0 Å². The largest absolute Gasteiger partial charge is 0.354 e. The van der Waals surface area contributed by atoms with Gasteiger partial charge in [-0.1, -0.05) is 45.9 Å². The van der Waals surface area contributed by atoms with Crippen molar-refractivity contribution in [1.29, 1.82) is 0 Å². The Kier molecular flexibility index (Phi) is 4.04. The Bertz CT molecular complexity index is 964. The molecule has 0 aliphatic carbocycles. The number of aryl methyl sites for hydroxylation is 1. The minimum atomic E-state index is -0.399. The minimum absolute atomic E-state index is 0.0801. The molecule has 0 saturated carbocycles. The SMILES string of the molecule is CCc1cc(C(C)(C)C)ccc1-c1cc(=O)c2cc(F)ccc2[nH]1. The van der Waals surface area contributed by atoms with Crippen molar-refractivity contribution < 1.29 is 4.39 Å². The predicted octanol–water partition coefficient (Wildman–Crippen LogP) is 5.19. The number of hydrogen-bond acceptors (Lipinski definition) is 1. The van der Waals surface area contributed by atoms with Crippen LogP contribution >= 0.6 is 0 Å². The highest BCUT2D eigenvalue weighted by Crippen LogP contribution is 2.29. The van der Waals surface area contributed by atoms with E-state index in [0.29, 0.717) is 10.9 Å². The van der Waals surface area contributed by atoms with Gasteiger partial charge in [-0.2, -0.15) is 0 Å². The van der Waals surface area contributed by atoms with Gasteiger partial charge in [-0.15, -0.1) is 0 Å². The molecule has 0 aliphatic heterocycles. The van der Waals surface area contributed by atoms with Crippen molar-refractivity contribution in [2.75, 3.05) is 0 Å². The van der Waals surface area contributed by atoms with Crippen LogP contribution in [0, 0.1) is 5.82 Å². The third-order valence-electron chi connectivity index (χ3n) is 4.43. The summed E-state index contributed by atoms with van der Waals surface area (Å²) in [6, 6.07) is 12.2.